The zero-order valence-corrected chi connectivity index (χ0v) is 18.7. The zero-order valence-electron chi connectivity index (χ0n) is 12.9. The molecule has 3 nitrogen and oxygen atoms in total. The summed E-state index contributed by atoms with van der Waals surface area (Å²) in [6, 6.07) is 0. The molecule has 0 aliphatic heterocycles. The molecule has 0 aromatic rings. The van der Waals surface area contributed by atoms with Crippen molar-refractivity contribution in [3.05, 3.63) is 23.4 Å². The minimum atomic E-state index is 0. The molecule has 0 saturated heterocycles. The Kier molecular flexibility index (Phi) is 36.3. The van der Waals surface area contributed by atoms with E-state index < -0.39 is 0 Å². The van der Waals surface area contributed by atoms with Crippen LogP contribution in [0.25, 0.3) is 16.0 Å². The summed E-state index contributed by atoms with van der Waals surface area (Å²) < 4.78 is 0.944. The van der Waals surface area contributed by atoms with Crippen LogP contribution >= 0.6 is 22.6 Å². The predicted molar refractivity (Wildman–Crippen MR) is 90.7 cm³/mol. The molecule has 2 unspecified atom stereocenters. The molecule has 1 rings (SSSR count). The van der Waals surface area contributed by atoms with Crippen molar-refractivity contribution in [2.75, 3.05) is 41.8 Å². The maximum atomic E-state index is 4.13. The van der Waals surface area contributed by atoms with Crippen molar-refractivity contribution in [1.82, 2.24) is 0 Å². The predicted octanol–water partition coefficient (Wildman–Crippen LogP) is 4.67. The summed E-state index contributed by atoms with van der Waals surface area (Å²) in [5.74, 6) is 0.976. The van der Waals surface area contributed by atoms with E-state index in [1.807, 2.05) is 7.05 Å². The molecule has 108 valence electrons. The van der Waals surface area contributed by atoms with E-state index in [-0.39, 0.29) is 33.3 Å². The van der Waals surface area contributed by atoms with Crippen LogP contribution in [0, 0.1) is 13.3 Å². The molecule has 0 aromatic carbocycles. The number of halogens is 1. The van der Waals surface area contributed by atoms with Gasteiger partial charge in [-0.2, -0.15) is 35.2 Å². The Morgan fingerprint density at radius 1 is 1.00 bits per heavy atom. The van der Waals surface area contributed by atoms with Gasteiger partial charge in [0.2, 0.25) is 0 Å². The van der Waals surface area contributed by atoms with Crippen LogP contribution < -0.4 is 0 Å². The van der Waals surface area contributed by atoms with Gasteiger partial charge in [-0.1, -0.05) is 35.4 Å². The smallest absolute Gasteiger partial charge is 0.668 e. The second-order valence-electron chi connectivity index (χ2n) is 3.93. The van der Waals surface area contributed by atoms with Crippen LogP contribution in [-0.2, 0) is 25.8 Å². The summed E-state index contributed by atoms with van der Waals surface area (Å²) in [6.45, 7) is 1.07. The zero-order chi connectivity index (χ0) is 12.8. The number of alkyl halides is 1. The van der Waals surface area contributed by atoms with Gasteiger partial charge in [0.1, 0.15) is 0 Å². The molecule has 1 saturated carbocycles. The Labute approximate surface area is 148 Å². The molecule has 0 spiro atoms. The third-order valence-corrected chi connectivity index (χ3v) is 3.93. The molecule has 0 heterocycles. The quantitative estimate of drug-likeness (QED) is 0.219. The van der Waals surface area contributed by atoms with Crippen LogP contribution in [0.1, 0.15) is 25.7 Å². The van der Waals surface area contributed by atoms with Crippen LogP contribution in [0.2, 0.25) is 0 Å². The molecular weight excluding hydrogens is 504 g/mol. The molecule has 0 amide bonds. The van der Waals surface area contributed by atoms with Gasteiger partial charge in [0.15, 0.2) is 0 Å². The molecular formula is C13H30HfIN3. The summed E-state index contributed by atoms with van der Waals surface area (Å²) in [6.07, 6.45) is 5.66. The Bertz CT molecular complexity index is 127. The van der Waals surface area contributed by atoms with E-state index in [4.69, 9.17) is 0 Å². The van der Waals surface area contributed by atoms with E-state index in [1.54, 1.807) is 28.2 Å². The summed E-state index contributed by atoms with van der Waals surface area (Å²) in [7, 11) is 8.91. The van der Waals surface area contributed by atoms with Crippen molar-refractivity contribution in [3.63, 3.8) is 0 Å². The largest absolute Gasteiger partial charge is 4.00 e. The first-order valence-corrected chi connectivity index (χ1v) is 7.07. The second-order valence-corrected chi connectivity index (χ2v) is 5.53. The average molecular weight is 534 g/mol. The van der Waals surface area contributed by atoms with Crippen LogP contribution in [0.5, 0.6) is 0 Å². The monoisotopic (exact) mass is 535 g/mol. The molecule has 18 heavy (non-hydrogen) atoms. The molecule has 1 fully saturated rings. The van der Waals surface area contributed by atoms with Gasteiger partial charge in [-0.25, -0.2) is 0 Å². The van der Waals surface area contributed by atoms with E-state index in [0.717, 1.165) is 16.4 Å². The topological polar surface area (TPSA) is 42.3 Å². The molecule has 0 N–H and O–H groups in total. The Hall–Kier alpha value is 1.48. The van der Waals surface area contributed by atoms with E-state index in [0.29, 0.717) is 0 Å². The van der Waals surface area contributed by atoms with Crippen LogP contribution in [0.15, 0.2) is 0 Å². The van der Waals surface area contributed by atoms with Gasteiger partial charge in [-0.05, 0) is 18.8 Å². The van der Waals surface area contributed by atoms with Crippen molar-refractivity contribution in [1.29, 1.82) is 0 Å². The fourth-order valence-corrected chi connectivity index (χ4v) is 2.77. The van der Waals surface area contributed by atoms with E-state index in [2.05, 4.69) is 38.5 Å². The number of hydrogen-bond acceptors (Lipinski definition) is 0. The number of hydrogen-bond donors (Lipinski definition) is 0. The van der Waals surface area contributed by atoms with Crippen molar-refractivity contribution in [2.24, 2.45) is 5.92 Å². The molecule has 5 heteroatoms. The van der Waals surface area contributed by atoms with E-state index >= 15 is 0 Å². The minimum absolute atomic E-state index is 0. The third-order valence-electron chi connectivity index (χ3n) is 2.29. The van der Waals surface area contributed by atoms with E-state index in [1.165, 1.54) is 25.7 Å². The van der Waals surface area contributed by atoms with Gasteiger partial charge in [-0.3, -0.25) is 0 Å². The third kappa shape index (κ3) is 19.8. The summed E-state index contributed by atoms with van der Waals surface area (Å²) in [5.41, 5.74) is 0. The second kappa shape index (κ2) is 23.6. The SMILES string of the molecule is C[N-]C.C[N-]C.C[N-]CCC1CCCC1I.[CH3-].[Hf+4]. The maximum Gasteiger partial charge on any atom is 4.00 e. The summed E-state index contributed by atoms with van der Waals surface area (Å²) in [5, 5.41) is 11.1. The molecule has 1 aliphatic rings. The summed E-state index contributed by atoms with van der Waals surface area (Å²) in [4.78, 5) is 0. The Morgan fingerprint density at radius 3 is 1.72 bits per heavy atom. The van der Waals surface area contributed by atoms with E-state index in [9.17, 15) is 0 Å². The first kappa shape index (κ1) is 27.8. The number of rotatable bonds is 3. The van der Waals surface area contributed by atoms with Gasteiger partial charge in [-0.15, -0.1) is 6.54 Å². The van der Waals surface area contributed by atoms with Gasteiger partial charge >= 0.3 is 25.8 Å². The fourth-order valence-electron chi connectivity index (χ4n) is 1.61. The summed E-state index contributed by atoms with van der Waals surface area (Å²) >= 11 is 2.59. The van der Waals surface area contributed by atoms with Crippen molar-refractivity contribution < 1.29 is 25.8 Å². The average Bonchev–Trinajstić information content (AvgIpc) is 2.63. The minimum Gasteiger partial charge on any atom is -0.668 e. The first-order chi connectivity index (χ1) is 7.67. The van der Waals surface area contributed by atoms with Crippen molar-refractivity contribution >= 4 is 22.6 Å². The van der Waals surface area contributed by atoms with Gasteiger partial charge in [0, 0.05) is 3.92 Å². The van der Waals surface area contributed by atoms with Crippen molar-refractivity contribution in [2.45, 2.75) is 29.6 Å². The van der Waals surface area contributed by atoms with Crippen LogP contribution in [-0.4, -0.2) is 45.7 Å². The fraction of sp³-hybridized carbons (Fsp3) is 0.923. The van der Waals surface area contributed by atoms with Crippen LogP contribution in [0.3, 0.4) is 0 Å². The molecule has 0 aromatic heterocycles. The Balaban J connectivity index is -0.000000106. The molecule has 0 radical (unpaired) electrons. The maximum absolute atomic E-state index is 4.13. The van der Waals surface area contributed by atoms with Crippen LogP contribution in [0.4, 0.5) is 0 Å². The van der Waals surface area contributed by atoms with Gasteiger partial charge in [0.05, 0.1) is 0 Å². The number of nitrogens with zero attached hydrogens (tertiary/aromatic N) is 3. The normalized spacial score (nSPS) is 20.3. The Morgan fingerprint density at radius 2 is 1.44 bits per heavy atom. The van der Waals surface area contributed by atoms with Crippen molar-refractivity contribution in [3.8, 4) is 0 Å². The molecule has 1 aliphatic carbocycles. The first-order valence-electron chi connectivity index (χ1n) is 5.83. The molecule has 2 atom stereocenters. The standard InChI is InChI=1S/C8H15IN.2C2H6N.CH3.Hf/c1-10-6-5-7-3-2-4-8(7)9;2*1-3-2;;/h7-8H,2-6H2,1H3;2*1-2H3;1H3;/q4*-1;+4. The molecule has 0 bridgehead atoms. The van der Waals surface area contributed by atoms with Gasteiger partial charge < -0.3 is 23.4 Å². The van der Waals surface area contributed by atoms with Gasteiger partial charge in [0.25, 0.3) is 0 Å².